The zero-order chi connectivity index (χ0) is 17.1. The highest BCUT2D eigenvalue weighted by molar-refractivity contribution is 7.91. The van der Waals surface area contributed by atoms with Crippen LogP contribution in [0, 0.1) is 10.1 Å². The predicted molar refractivity (Wildman–Crippen MR) is 94.1 cm³/mol. The highest BCUT2D eigenvalue weighted by atomic mass is 32.2. The average molecular weight is 338 g/mol. The number of nitrogen functional groups attached to an aromatic ring is 1. The van der Waals surface area contributed by atoms with Crippen molar-refractivity contribution in [2.24, 2.45) is 0 Å². The van der Waals surface area contributed by atoms with E-state index in [1.54, 1.807) is 18.2 Å². The summed E-state index contributed by atoms with van der Waals surface area (Å²) in [5.74, 6) is 0. The molecular weight excluding hydrogens is 324 g/mol. The Balaban J connectivity index is 2.07. The minimum absolute atomic E-state index is 0.0529. The van der Waals surface area contributed by atoms with E-state index in [0.29, 0.717) is 9.79 Å². The van der Waals surface area contributed by atoms with Gasteiger partial charge in [-0.25, -0.2) is 0 Å². The molecule has 0 heterocycles. The largest absolute Gasteiger partial charge is 0.606 e. The van der Waals surface area contributed by atoms with Crippen molar-refractivity contribution >= 4 is 22.6 Å². The molecule has 1 atom stereocenters. The molecule has 0 aliphatic carbocycles. The molecule has 3 aromatic rings. The third-order valence-corrected chi connectivity index (χ3v) is 5.02. The maximum absolute atomic E-state index is 13.0. The first kappa shape index (κ1) is 16.0. The number of hydrogen-bond donors (Lipinski definition) is 1. The van der Waals surface area contributed by atoms with Gasteiger partial charge in [0.1, 0.15) is 5.69 Å². The first-order chi connectivity index (χ1) is 11.6. The summed E-state index contributed by atoms with van der Waals surface area (Å²) in [7, 11) is 0. The van der Waals surface area contributed by atoms with Crippen molar-refractivity contribution in [2.75, 3.05) is 5.73 Å². The van der Waals surface area contributed by atoms with Crippen LogP contribution in [0.25, 0.3) is 11.1 Å². The van der Waals surface area contributed by atoms with Gasteiger partial charge in [-0.05, 0) is 29.8 Å². The van der Waals surface area contributed by atoms with Crippen LogP contribution in [0.5, 0.6) is 0 Å². The predicted octanol–water partition coefficient (Wildman–Crippen LogP) is 4.01. The van der Waals surface area contributed by atoms with Gasteiger partial charge < -0.3 is 10.3 Å². The van der Waals surface area contributed by atoms with Crippen LogP contribution in [-0.4, -0.2) is 9.48 Å². The topological polar surface area (TPSA) is 92.2 Å². The second-order valence-electron chi connectivity index (χ2n) is 5.11. The summed E-state index contributed by atoms with van der Waals surface area (Å²) in [5.41, 5.74) is 7.19. The van der Waals surface area contributed by atoms with Crippen LogP contribution in [-0.2, 0) is 11.2 Å². The molecule has 0 spiro atoms. The number of nitro benzene ring substituents is 1. The van der Waals surface area contributed by atoms with Crippen molar-refractivity contribution in [1.82, 2.24) is 0 Å². The van der Waals surface area contributed by atoms with E-state index in [2.05, 4.69) is 0 Å². The molecule has 0 bridgehead atoms. The van der Waals surface area contributed by atoms with Crippen LogP contribution >= 0.6 is 0 Å². The lowest BCUT2D eigenvalue weighted by atomic mass is 10.1. The zero-order valence-corrected chi connectivity index (χ0v) is 13.4. The number of nitro groups is 1. The van der Waals surface area contributed by atoms with Gasteiger partial charge in [0.05, 0.1) is 11.0 Å². The van der Waals surface area contributed by atoms with E-state index in [0.717, 1.165) is 11.1 Å². The summed E-state index contributed by atoms with van der Waals surface area (Å²) in [4.78, 5) is 11.4. The van der Waals surface area contributed by atoms with E-state index in [4.69, 9.17) is 5.73 Å². The molecule has 0 saturated carbocycles. The molecule has 3 aromatic carbocycles. The van der Waals surface area contributed by atoms with Crippen molar-refractivity contribution in [3.63, 3.8) is 0 Å². The highest BCUT2D eigenvalue weighted by Gasteiger charge is 2.23. The number of nitrogens with two attached hydrogens (primary N) is 1. The molecule has 0 aliphatic heterocycles. The Morgan fingerprint density at radius 2 is 1.58 bits per heavy atom. The third-order valence-electron chi connectivity index (χ3n) is 3.58. The Morgan fingerprint density at radius 3 is 2.29 bits per heavy atom. The van der Waals surface area contributed by atoms with Crippen LogP contribution in [0.15, 0.2) is 82.6 Å². The lowest BCUT2D eigenvalue weighted by Crippen LogP contribution is -2.06. The van der Waals surface area contributed by atoms with Crippen LogP contribution < -0.4 is 5.73 Å². The van der Waals surface area contributed by atoms with Gasteiger partial charge in [0.2, 0.25) is 0 Å². The van der Waals surface area contributed by atoms with E-state index in [-0.39, 0.29) is 11.4 Å². The fourth-order valence-corrected chi connectivity index (χ4v) is 3.66. The molecule has 0 saturated heterocycles. The van der Waals surface area contributed by atoms with E-state index in [1.165, 1.54) is 12.1 Å². The lowest BCUT2D eigenvalue weighted by molar-refractivity contribution is -0.384. The van der Waals surface area contributed by atoms with Crippen molar-refractivity contribution in [3.8, 4) is 11.1 Å². The van der Waals surface area contributed by atoms with Crippen molar-refractivity contribution in [3.05, 3.63) is 82.9 Å². The Bertz CT molecular complexity index is 884. The molecule has 3 rings (SSSR count). The van der Waals surface area contributed by atoms with Crippen molar-refractivity contribution < 1.29 is 9.48 Å². The highest BCUT2D eigenvalue weighted by Crippen LogP contribution is 2.33. The Kier molecular flexibility index (Phi) is 4.50. The van der Waals surface area contributed by atoms with Gasteiger partial charge in [-0.3, -0.25) is 10.1 Å². The van der Waals surface area contributed by atoms with E-state index in [9.17, 15) is 14.7 Å². The zero-order valence-electron chi connectivity index (χ0n) is 12.6. The molecule has 0 aliphatic rings. The lowest BCUT2D eigenvalue weighted by Gasteiger charge is -2.14. The summed E-state index contributed by atoms with van der Waals surface area (Å²) in [6.07, 6.45) is 0. The number of rotatable bonds is 4. The van der Waals surface area contributed by atoms with Crippen LogP contribution in [0.2, 0.25) is 0 Å². The molecule has 2 N–H and O–H groups in total. The summed E-state index contributed by atoms with van der Waals surface area (Å²) in [5, 5.41) is 11.0. The molecule has 0 amide bonds. The van der Waals surface area contributed by atoms with Gasteiger partial charge in [-0.1, -0.05) is 42.5 Å². The maximum Gasteiger partial charge on any atom is 0.297 e. The second-order valence-corrected chi connectivity index (χ2v) is 6.56. The Labute approximate surface area is 142 Å². The van der Waals surface area contributed by atoms with Gasteiger partial charge in [-0.15, -0.1) is 0 Å². The monoisotopic (exact) mass is 338 g/mol. The van der Waals surface area contributed by atoms with E-state index >= 15 is 0 Å². The number of hydrogen-bond acceptors (Lipinski definition) is 4. The van der Waals surface area contributed by atoms with Gasteiger partial charge in [-0.2, -0.15) is 0 Å². The van der Waals surface area contributed by atoms with E-state index in [1.807, 2.05) is 42.5 Å². The number of nitrogens with zero attached hydrogens (tertiary/aromatic N) is 1. The van der Waals surface area contributed by atoms with Crippen molar-refractivity contribution in [2.45, 2.75) is 9.79 Å². The van der Waals surface area contributed by atoms with Crippen LogP contribution in [0.3, 0.4) is 0 Å². The fourth-order valence-electron chi connectivity index (χ4n) is 2.41. The fraction of sp³-hybridized carbons (Fsp3) is 0. The molecule has 1 unspecified atom stereocenters. The number of anilines is 1. The smallest absolute Gasteiger partial charge is 0.297 e. The summed E-state index contributed by atoms with van der Waals surface area (Å²) in [6.45, 7) is 0. The molecule has 0 aromatic heterocycles. The van der Waals surface area contributed by atoms with Crippen LogP contribution in [0.4, 0.5) is 11.4 Å². The molecular formula is C18H14N2O3S. The summed E-state index contributed by atoms with van der Waals surface area (Å²) < 4.78 is 13.0. The molecule has 0 radical (unpaired) electrons. The Hall–Kier alpha value is -2.83. The minimum Gasteiger partial charge on any atom is -0.606 e. The normalized spacial score (nSPS) is 11.9. The van der Waals surface area contributed by atoms with E-state index < -0.39 is 16.1 Å². The quantitative estimate of drug-likeness (QED) is 0.337. The average Bonchev–Trinajstić information content (AvgIpc) is 2.62. The van der Waals surface area contributed by atoms with Crippen molar-refractivity contribution in [1.29, 1.82) is 0 Å². The first-order valence-electron chi connectivity index (χ1n) is 7.18. The van der Waals surface area contributed by atoms with Gasteiger partial charge in [0.25, 0.3) is 5.69 Å². The van der Waals surface area contributed by atoms with Gasteiger partial charge in [0, 0.05) is 16.7 Å². The van der Waals surface area contributed by atoms with Gasteiger partial charge in [0.15, 0.2) is 9.79 Å². The molecule has 120 valence electrons. The summed E-state index contributed by atoms with van der Waals surface area (Å²) >= 11 is -1.55. The Morgan fingerprint density at radius 1 is 0.917 bits per heavy atom. The first-order valence-corrected chi connectivity index (χ1v) is 8.33. The molecule has 6 heteroatoms. The standard InChI is InChI=1S/C18H14N2O3S/c19-16-11-10-14(12-17(16)20(21)22)24(23)18-9-5-4-8-15(18)13-6-2-1-3-7-13/h1-12H,19H2. The molecule has 24 heavy (non-hydrogen) atoms. The molecule has 0 fully saturated rings. The molecule has 5 nitrogen and oxygen atoms in total. The van der Waals surface area contributed by atoms with Crippen LogP contribution in [0.1, 0.15) is 0 Å². The van der Waals surface area contributed by atoms with Gasteiger partial charge >= 0.3 is 0 Å². The second kappa shape index (κ2) is 6.74. The third kappa shape index (κ3) is 3.10. The maximum atomic E-state index is 13.0. The summed E-state index contributed by atoms with van der Waals surface area (Å²) in [6, 6.07) is 21.1. The number of benzene rings is 3. The minimum atomic E-state index is -1.55. The SMILES string of the molecule is Nc1ccc([S+]([O-])c2ccccc2-c2ccccc2)cc1[N+](=O)[O-].